The number of esters is 1. The van der Waals surface area contributed by atoms with Gasteiger partial charge in [0, 0.05) is 11.8 Å². The fraction of sp³-hybridized carbons (Fsp3) is 0.200. The van der Waals surface area contributed by atoms with Crippen molar-refractivity contribution in [2.45, 2.75) is 26.4 Å². The average Bonchev–Trinajstić information content (AvgIpc) is 2.76. The van der Waals surface area contributed by atoms with Crippen molar-refractivity contribution in [3.63, 3.8) is 0 Å². The molecule has 0 saturated heterocycles. The number of hydrogen-bond acceptors (Lipinski definition) is 4. The lowest BCUT2D eigenvalue weighted by Crippen LogP contribution is -2.10. The van der Waals surface area contributed by atoms with Gasteiger partial charge >= 0.3 is 5.97 Å². The van der Waals surface area contributed by atoms with Gasteiger partial charge in [-0.3, -0.25) is 0 Å². The Bertz CT molecular complexity index is 1050. The fourth-order valence-corrected chi connectivity index (χ4v) is 3.42. The molecule has 30 heavy (non-hydrogen) atoms. The van der Waals surface area contributed by atoms with Crippen LogP contribution in [0.25, 0.3) is 17.2 Å². The van der Waals surface area contributed by atoms with Crippen LogP contribution in [0, 0.1) is 0 Å². The molecule has 5 heteroatoms. The minimum atomic E-state index is -0.349. The zero-order valence-electron chi connectivity index (χ0n) is 17.3. The number of pyridine rings is 1. The molecule has 0 N–H and O–H groups in total. The van der Waals surface area contributed by atoms with Crippen molar-refractivity contribution in [2.24, 2.45) is 0 Å². The van der Waals surface area contributed by atoms with Crippen LogP contribution < -0.4 is 0 Å². The highest BCUT2D eigenvalue weighted by Gasteiger charge is 2.18. The van der Waals surface area contributed by atoms with E-state index in [1.807, 2.05) is 54.6 Å². The summed E-state index contributed by atoms with van der Waals surface area (Å²) in [5.74, 6) is -0.175. The third-order valence-corrected chi connectivity index (χ3v) is 5.03. The maximum Gasteiger partial charge on any atom is 0.338 e. The van der Waals surface area contributed by atoms with E-state index in [0.717, 1.165) is 27.8 Å². The van der Waals surface area contributed by atoms with E-state index >= 15 is 0 Å². The molecular formula is C25H24ClNO3. The number of nitrogens with zero attached hydrogens (tertiary/aromatic N) is 1. The molecule has 0 aliphatic rings. The molecule has 0 saturated carbocycles. The molecule has 0 spiro atoms. The molecule has 0 unspecified atom stereocenters. The van der Waals surface area contributed by atoms with Gasteiger partial charge in [-0.1, -0.05) is 67.9 Å². The van der Waals surface area contributed by atoms with Crippen molar-refractivity contribution in [1.29, 1.82) is 0 Å². The smallest absolute Gasteiger partial charge is 0.338 e. The van der Waals surface area contributed by atoms with Crippen LogP contribution in [0.5, 0.6) is 0 Å². The van der Waals surface area contributed by atoms with Gasteiger partial charge in [0.05, 0.1) is 18.9 Å². The summed E-state index contributed by atoms with van der Waals surface area (Å²) >= 11 is 6.31. The predicted octanol–water partition coefficient (Wildman–Crippen LogP) is 6.50. The van der Waals surface area contributed by atoms with Crippen molar-refractivity contribution in [1.82, 2.24) is 4.98 Å². The molecule has 3 aromatic rings. The van der Waals surface area contributed by atoms with Crippen LogP contribution in [-0.2, 0) is 16.1 Å². The van der Waals surface area contributed by atoms with Crippen LogP contribution in [0.4, 0.5) is 0 Å². The second kappa shape index (κ2) is 10.1. The standard InChI is InChI=1S/C25H24ClNO3/c1-17(2)20-10-9-19(21-11-13-27-24(26)22(21)12-14-29-3)15-23(20)25(28)30-16-18-7-5-4-6-8-18/h4-15,17H,16H2,1-3H3/b14-12+. The molecule has 154 valence electrons. The molecule has 0 aliphatic carbocycles. The van der Waals surface area contributed by atoms with Crippen molar-refractivity contribution in [3.8, 4) is 11.1 Å². The molecule has 1 aromatic heterocycles. The second-order valence-corrected chi connectivity index (χ2v) is 7.48. The number of carbonyl (C=O) groups is 1. The maximum absolute atomic E-state index is 13.0. The second-order valence-electron chi connectivity index (χ2n) is 7.12. The first-order chi connectivity index (χ1) is 14.5. The lowest BCUT2D eigenvalue weighted by molar-refractivity contribution is 0.0471. The van der Waals surface area contributed by atoms with Crippen LogP contribution in [0.1, 0.15) is 46.8 Å². The van der Waals surface area contributed by atoms with Gasteiger partial charge in [-0.25, -0.2) is 9.78 Å². The highest BCUT2D eigenvalue weighted by molar-refractivity contribution is 6.31. The Morgan fingerprint density at radius 3 is 2.60 bits per heavy atom. The Kier molecular flexibility index (Phi) is 7.26. The Morgan fingerprint density at radius 1 is 1.13 bits per heavy atom. The summed E-state index contributed by atoms with van der Waals surface area (Å²) < 4.78 is 10.6. The first-order valence-corrected chi connectivity index (χ1v) is 10.1. The number of carbonyl (C=O) groups excluding carboxylic acids is 1. The van der Waals surface area contributed by atoms with E-state index in [2.05, 4.69) is 18.8 Å². The van der Waals surface area contributed by atoms with Crippen LogP contribution in [0.2, 0.25) is 5.15 Å². The summed E-state index contributed by atoms with van der Waals surface area (Å²) in [7, 11) is 1.57. The van der Waals surface area contributed by atoms with Gasteiger partial charge in [-0.2, -0.15) is 0 Å². The minimum absolute atomic E-state index is 0.173. The zero-order valence-corrected chi connectivity index (χ0v) is 18.0. The monoisotopic (exact) mass is 421 g/mol. The lowest BCUT2D eigenvalue weighted by Gasteiger charge is -2.15. The average molecular weight is 422 g/mol. The molecule has 0 aliphatic heterocycles. The van der Waals surface area contributed by atoms with E-state index in [9.17, 15) is 4.79 Å². The Morgan fingerprint density at radius 2 is 1.90 bits per heavy atom. The minimum Gasteiger partial charge on any atom is -0.504 e. The van der Waals surface area contributed by atoms with Crippen LogP contribution in [-0.4, -0.2) is 18.1 Å². The van der Waals surface area contributed by atoms with Gasteiger partial charge in [-0.05, 0) is 46.4 Å². The largest absolute Gasteiger partial charge is 0.504 e. The summed E-state index contributed by atoms with van der Waals surface area (Å²) in [5, 5.41) is 0.363. The molecule has 2 aromatic carbocycles. The predicted molar refractivity (Wildman–Crippen MR) is 120 cm³/mol. The highest BCUT2D eigenvalue weighted by Crippen LogP contribution is 2.32. The first-order valence-electron chi connectivity index (χ1n) is 9.70. The van der Waals surface area contributed by atoms with E-state index in [-0.39, 0.29) is 18.5 Å². The molecule has 1 heterocycles. The molecule has 3 rings (SSSR count). The summed E-state index contributed by atoms with van der Waals surface area (Å²) in [5.41, 5.74) is 4.86. The summed E-state index contributed by atoms with van der Waals surface area (Å²) in [6, 6.07) is 17.3. The van der Waals surface area contributed by atoms with Gasteiger partial charge < -0.3 is 9.47 Å². The third-order valence-electron chi connectivity index (χ3n) is 4.73. The van der Waals surface area contributed by atoms with Gasteiger partial charge in [0.25, 0.3) is 0 Å². The Hall–Kier alpha value is -3.11. The number of halogens is 1. The zero-order chi connectivity index (χ0) is 21.5. The fourth-order valence-electron chi connectivity index (χ4n) is 3.20. The third kappa shape index (κ3) is 5.08. The van der Waals surface area contributed by atoms with Gasteiger partial charge in [-0.15, -0.1) is 0 Å². The number of hydrogen-bond donors (Lipinski definition) is 0. The quantitative estimate of drug-likeness (QED) is 0.248. The van der Waals surface area contributed by atoms with Crippen LogP contribution in [0.15, 0.2) is 67.1 Å². The number of benzene rings is 2. The lowest BCUT2D eigenvalue weighted by atomic mass is 9.92. The van der Waals surface area contributed by atoms with Gasteiger partial charge in [0.15, 0.2) is 0 Å². The normalized spacial score (nSPS) is 11.1. The number of methoxy groups -OCH3 is 1. The van der Waals surface area contributed by atoms with Crippen molar-refractivity contribution in [2.75, 3.05) is 7.11 Å². The maximum atomic E-state index is 13.0. The first kappa shape index (κ1) is 21.6. The SMILES string of the molecule is CO/C=C/c1c(-c2ccc(C(C)C)c(C(=O)OCc3ccccc3)c2)ccnc1Cl. The number of rotatable bonds is 7. The molecule has 0 bridgehead atoms. The Balaban J connectivity index is 1.99. The van der Waals surface area contributed by atoms with Crippen molar-refractivity contribution >= 4 is 23.6 Å². The molecule has 0 fully saturated rings. The summed E-state index contributed by atoms with van der Waals surface area (Å²) in [6.07, 6.45) is 4.95. The molecule has 0 atom stereocenters. The van der Waals surface area contributed by atoms with E-state index < -0.39 is 0 Å². The molecule has 0 radical (unpaired) electrons. The van der Waals surface area contributed by atoms with E-state index in [0.29, 0.717) is 10.7 Å². The Labute approximate surface area is 182 Å². The number of aromatic nitrogens is 1. The summed E-state index contributed by atoms with van der Waals surface area (Å²) in [6.45, 7) is 4.34. The molecular weight excluding hydrogens is 398 g/mol. The summed E-state index contributed by atoms with van der Waals surface area (Å²) in [4.78, 5) is 17.1. The molecule has 0 amide bonds. The topological polar surface area (TPSA) is 48.4 Å². The van der Waals surface area contributed by atoms with Crippen LogP contribution >= 0.6 is 11.6 Å². The van der Waals surface area contributed by atoms with Gasteiger partial charge in [0.1, 0.15) is 11.8 Å². The highest BCUT2D eigenvalue weighted by atomic mass is 35.5. The van der Waals surface area contributed by atoms with E-state index in [1.54, 1.807) is 25.6 Å². The van der Waals surface area contributed by atoms with E-state index in [4.69, 9.17) is 21.1 Å². The van der Waals surface area contributed by atoms with Crippen molar-refractivity contribution < 1.29 is 14.3 Å². The van der Waals surface area contributed by atoms with E-state index in [1.165, 1.54) is 0 Å². The van der Waals surface area contributed by atoms with Crippen molar-refractivity contribution in [3.05, 3.63) is 94.5 Å². The molecule has 4 nitrogen and oxygen atoms in total. The number of ether oxygens (including phenoxy) is 2. The van der Waals surface area contributed by atoms with Crippen LogP contribution in [0.3, 0.4) is 0 Å². The van der Waals surface area contributed by atoms with Gasteiger partial charge in [0.2, 0.25) is 0 Å².